The summed E-state index contributed by atoms with van der Waals surface area (Å²) < 4.78 is 5.32. The summed E-state index contributed by atoms with van der Waals surface area (Å²) in [7, 11) is 0. The van der Waals surface area contributed by atoms with Gasteiger partial charge in [-0.05, 0) is 19.8 Å². The minimum Gasteiger partial charge on any atom is -0.396 e. The van der Waals surface area contributed by atoms with Crippen LogP contribution in [-0.4, -0.2) is 24.4 Å². The van der Waals surface area contributed by atoms with E-state index in [1.807, 2.05) is 0 Å². The summed E-state index contributed by atoms with van der Waals surface area (Å²) in [5.74, 6) is 0.404. The summed E-state index contributed by atoms with van der Waals surface area (Å²) in [4.78, 5) is 0. The first-order valence-electron chi connectivity index (χ1n) is 3.55. The molecule has 0 spiro atoms. The lowest BCUT2D eigenvalue weighted by atomic mass is 10.0. The average Bonchev–Trinajstić information content (AvgIpc) is 1.90. The molecule has 1 N–H and O–H groups in total. The van der Waals surface area contributed by atoms with Gasteiger partial charge in [0, 0.05) is 12.5 Å². The molecule has 1 rings (SSSR count). The lowest BCUT2D eigenvalue weighted by molar-refractivity contribution is -0.0202. The number of ether oxygens (including phenoxy) is 1. The van der Waals surface area contributed by atoms with E-state index in [9.17, 15) is 0 Å². The highest BCUT2D eigenvalue weighted by molar-refractivity contribution is 4.65. The van der Waals surface area contributed by atoms with E-state index in [2.05, 4.69) is 6.92 Å². The van der Waals surface area contributed by atoms with E-state index in [-0.39, 0.29) is 6.61 Å². The summed E-state index contributed by atoms with van der Waals surface area (Å²) in [6.07, 6.45) is 2.64. The number of aliphatic hydroxyl groups excluding tert-OH is 1. The van der Waals surface area contributed by atoms with Gasteiger partial charge >= 0.3 is 0 Å². The van der Waals surface area contributed by atoms with Crippen LogP contribution in [0.1, 0.15) is 19.8 Å². The third-order valence-electron chi connectivity index (χ3n) is 1.86. The summed E-state index contributed by atoms with van der Waals surface area (Å²) >= 11 is 0. The van der Waals surface area contributed by atoms with Crippen molar-refractivity contribution in [3.8, 4) is 0 Å². The lowest BCUT2D eigenvalue weighted by Crippen LogP contribution is -2.25. The largest absolute Gasteiger partial charge is 0.396 e. The standard InChI is InChI=1S/C7H14O2/c1-6-2-3-7(4-8)5-9-6/h6-8H,2-5H2,1H3/t6-,7+/m1/s1. The minimum atomic E-state index is 0.284. The van der Waals surface area contributed by atoms with E-state index in [0.29, 0.717) is 12.0 Å². The zero-order chi connectivity index (χ0) is 6.69. The molecule has 1 fully saturated rings. The van der Waals surface area contributed by atoms with Gasteiger partial charge in [-0.15, -0.1) is 0 Å². The molecule has 0 aromatic heterocycles. The van der Waals surface area contributed by atoms with Crippen molar-refractivity contribution in [3.63, 3.8) is 0 Å². The van der Waals surface area contributed by atoms with Crippen LogP contribution in [-0.2, 0) is 4.74 Å². The van der Waals surface area contributed by atoms with Crippen molar-refractivity contribution in [2.75, 3.05) is 13.2 Å². The summed E-state index contributed by atoms with van der Waals surface area (Å²) in [5.41, 5.74) is 0. The van der Waals surface area contributed by atoms with Gasteiger partial charge in [-0.25, -0.2) is 0 Å². The summed E-state index contributed by atoms with van der Waals surface area (Å²) in [6.45, 7) is 3.11. The van der Waals surface area contributed by atoms with Gasteiger partial charge < -0.3 is 9.84 Å². The molecule has 2 atom stereocenters. The van der Waals surface area contributed by atoms with Crippen LogP contribution in [0.15, 0.2) is 0 Å². The maximum absolute atomic E-state index is 8.70. The van der Waals surface area contributed by atoms with Crippen LogP contribution >= 0.6 is 0 Å². The molecule has 0 aromatic rings. The van der Waals surface area contributed by atoms with Crippen LogP contribution in [0.2, 0.25) is 0 Å². The maximum Gasteiger partial charge on any atom is 0.0547 e. The number of rotatable bonds is 1. The number of aliphatic hydroxyl groups is 1. The lowest BCUT2D eigenvalue weighted by Gasteiger charge is -2.24. The molecule has 1 saturated heterocycles. The molecular weight excluding hydrogens is 116 g/mol. The van der Waals surface area contributed by atoms with Crippen LogP contribution in [0.4, 0.5) is 0 Å². The van der Waals surface area contributed by atoms with Gasteiger partial charge in [0.25, 0.3) is 0 Å². The SMILES string of the molecule is C[C@@H]1CC[C@@H](CO)CO1. The van der Waals surface area contributed by atoms with Crippen molar-refractivity contribution in [3.05, 3.63) is 0 Å². The molecule has 2 heteroatoms. The Hall–Kier alpha value is -0.0800. The Kier molecular flexibility index (Phi) is 2.49. The Morgan fingerprint density at radius 3 is 2.78 bits per heavy atom. The Bertz CT molecular complexity index is 75.0. The highest BCUT2D eigenvalue weighted by Gasteiger charge is 2.16. The van der Waals surface area contributed by atoms with E-state index < -0.39 is 0 Å². The van der Waals surface area contributed by atoms with Crippen molar-refractivity contribution in [1.29, 1.82) is 0 Å². The quantitative estimate of drug-likeness (QED) is 0.568. The molecule has 0 aliphatic carbocycles. The van der Waals surface area contributed by atoms with Gasteiger partial charge in [0.15, 0.2) is 0 Å². The molecule has 2 nitrogen and oxygen atoms in total. The molecule has 0 radical (unpaired) electrons. The van der Waals surface area contributed by atoms with Crippen molar-refractivity contribution >= 4 is 0 Å². The third kappa shape index (κ3) is 1.95. The summed E-state index contributed by atoms with van der Waals surface area (Å²) in [5, 5.41) is 8.70. The molecule has 1 aliphatic rings. The van der Waals surface area contributed by atoms with Gasteiger partial charge in [-0.3, -0.25) is 0 Å². The first-order valence-corrected chi connectivity index (χ1v) is 3.55. The molecule has 54 valence electrons. The van der Waals surface area contributed by atoms with Gasteiger partial charge in [0.2, 0.25) is 0 Å². The Morgan fingerprint density at radius 2 is 2.33 bits per heavy atom. The van der Waals surface area contributed by atoms with E-state index in [0.717, 1.165) is 19.4 Å². The number of hydrogen-bond acceptors (Lipinski definition) is 2. The fourth-order valence-electron chi connectivity index (χ4n) is 1.08. The van der Waals surface area contributed by atoms with E-state index in [1.165, 1.54) is 0 Å². The molecule has 0 amide bonds. The van der Waals surface area contributed by atoms with Crippen molar-refractivity contribution in [1.82, 2.24) is 0 Å². The van der Waals surface area contributed by atoms with Crippen LogP contribution in [0.5, 0.6) is 0 Å². The molecule has 0 unspecified atom stereocenters. The topological polar surface area (TPSA) is 29.5 Å². The van der Waals surface area contributed by atoms with Crippen LogP contribution in [0, 0.1) is 5.92 Å². The molecular formula is C7H14O2. The predicted molar refractivity (Wildman–Crippen MR) is 35.2 cm³/mol. The normalized spacial score (nSPS) is 36.7. The first kappa shape index (κ1) is 7.03. The zero-order valence-electron chi connectivity index (χ0n) is 5.84. The molecule has 9 heavy (non-hydrogen) atoms. The Labute approximate surface area is 55.8 Å². The number of hydrogen-bond donors (Lipinski definition) is 1. The first-order chi connectivity index (χ1) is 4.33. The Balaban J connectivity index is 2.18. The fraction of sp³-hybridized carbons (Fsp3) is 1.00. The van der Waals surface area contributed by atoms with Gasteiger partial charge in [0.05, 0.1) is 12.7 Å². The Morgan fingerprint density at radius 1 is 1.56 bits per heavy atom. The average molecular weight is 130 g/mol. The van der Waals surface area contributed by atoms with E-state index >= 15 is 0 Å². The smallest absolute Gasteiger partial charge is 0.0547 e. The van der Waals surface area contributed by atoms with Crippen LogP contribution in [0.3, 0.4) is 0 Å². The van der Waals surface area contributed by atoms with E-state index in [1.54, 1.807) is 0 Å². The highest BCUT2D eigenvalue weighted by atomic mass is 16.5. The fourth-order valence-corrected chi connectivity index (χ4v) is 1.08. The predicted octanol–water partition coefficient (Wildman–Crippen LogP) is 0.794. The monoisotopic (exact) mass is 130 g/mol. The summed E-state index contributed by atoms with van der Waals surface area (Å²) in [6, 6.07) is 0. The van der Waals surface area contributed by atoms with Crippen molar-refractivity contribution in [2.45, 2.75) is 25.9 Å². The highest BCUT2D eigenvalue weighted by Crippen LogP contribution is 2.17. The van der Waals surface area contributed by atoms with Gasteiger partial charge in [0.1, 0.15) is 0 Å². The minimum absolute atomic E-state index is 0.284. The second kappa shape index (κ2) is 3.18. The molecule has 0 bridgehead atoms. The maximum atomic E-state index is 8.70. The third-order valence-corrected chi connectivity index (χ3v) is 1.86. The van der Waals surface area contributed by atoms with Crippen molar-refractivity contribution < 1.29 is 9.84 Å². The van der Waals surface area contributed by atoms with Gasteiger partial charge in [-0.1, -0.05) is 0 Å². The van der Waals surface area contributed by atoms with Crippen LogP contribution in [0.25, 0.3) is 0 Å². The second-order valence-electron chi connectivity index (χ2n) is 2.77. The molecule has 0 saturated carbocycles. The molecule has 1 heterocycles. The second-order valence-corrected chi connectivity index (χ2v) is 2.77. The zero-order valence-corrected chi connectivity index (χ0v) is 5.84. The van der Waals surface area contributed by atoms with Crippen molar-refractivity contribution in [2.24, 2.45) is 5.92 Å². The van der Waals surface area contributed by atoms with Gasteiger partial charge in [-0.2, -0.15) is 0 Å². The van der Waals surface area contributed by atoms with E-state index in [4.69, 9.17) is 9.84 Å². The molecule has 1 aliphatic heterocycles. The van der Waals surface area contributed by atoms with Crippen LogP contribution < -0.4 is 0 Å². The molecule has 0 aromatic carbocycles.